The van der Waals surface area contributed by atoms with E-state index in [1.165, 1.54) is 5.56 Å². The lowest BCUT2D eigenvalue weighted by Crippen LogP contribution is -1.98. The summed E-state index contributed by atoms with van der Waals surface area (Å²) in [6.07, 6.45) is 4.10. The van der Waals surface area contributed by atoms with E-state index in [1.807, 2.05) is 66.7 Å². The van der Waals surface area contributed by atoms with Crippen LogP contribution in [0.2, 0.25) is 0 Å². The zero-order valence-electron chi connectivity index (χ0n) is 9.04. The molecule has 16 heavy (non-hydrogen) atoms. The van der Waals surface area contributed by atoms with E-state index in [0.717, 1.165) is 5.75 Å². The first kappa shape index (κ1) is 10.5. The molecular formula is C15H14O. The monoisotopic (exact) mass is 210 g/mol. The Kier molecular flexibility index (Phi) is 3.78. The third kappa shape index (κ3) is 2.99. The largest absolute Gasteiger partial charge is 0.489 e. The van der Waals surface area contributed by atoms with Gasteiger partial charge in [-0.2, -0.15) is 0 Å². The molecular weight excluding hydrogens is 196 g/mol. The summed E-state index contributed by atoms with van der Waals surface area (Å²) >= 11 is 0. The van der Waals surface area contributed by atoms with Crippen molar-refractivity contribution in [2.75, 3.05) is 6.61 Å². The van der Waals surface area contributed by atoms with E-state index in [0.29, 0.717) is 6.61 Å². The molecule has 80 valence electrons. The number of hydrogen-bond acceptors (Lipinski definition) is 1. The highest BCUT2D eigenvalue weighted by Crippen LogP contribution is 2.21. The van der Waals surface area contributed by atoms with Gasteiger partial charge in [0.1, 0.15) is 12.4 Å². The van der Waals surface area contributed by atoms with E-state index >= 15 is 0 Å². The highest BCUT2D eigenvalue weighted by molar-refractivity contribution is 5.58. The zero-order chi connectivity index (χ0) is 11.1. The lowest BCUT2D eigenvalue weighted by Gasteiger charge is -2.10. The molecule has 0 saturated heterocycles. The number of para-hydroxylation sites is 1. The van der Waals surface area contributed by atoms with Crippen molar-refractivity contribution >= 4 is 6.08 Å². The van der Waals surface area contributed by atoms with Gasteiger partial charge in [-0.3, -0.25) is 0 Å². The molecule has 2 aromatic rings. The summed E-state index contributed by atoms with van der Waals surface area (Å²) in [7, 11) is 0. The molecule has 0 atom stereocenters. The SMILES string of the molecule is C1=Cc2ccccc2OC1.c1ccccc1. The standard InChI is InChI=1S/C9H8O.C6H6/c1-2-6-9-8(4-1)5-3-7-10-9;1-2-4-6-5-3-1/h1-6H,7H2;1-6H. The third-order valence-electron chi connectivity index (χ3n) is 2.22. The minimum atomic E-state index is 0.705. The van der Waals surface area contributed by atoms with Crippen LogP contribution in [0.5, 0.6) is 5.75 Å². The van der Waals surface area contributed by atoms with Crippen molar-refractivity contribution in [3.8, 4) is 5.75 Å². The molecule has 0 spiro atoms. The van der Waals surface area contributed by atoms with Gasteiger partial charge in [-0.25, -0.2) is 0 Å². The maximum Gasteiger partial charge on any atom is 0.126 e. The Bertz CT molecular complexity index is 419. The highest BCUT2D eigenvalue weighted by atomic mass is 16.5. The Morgan fingerprint density at radius 3 is 2.00 bits per heavy atom. The molecule has 0 aromatic heterocycles. The minimum absolute atomic E-state index is 0.705. The van der Waals surface area contributed by atoms with Gasteiger partial charge in [0.25, 0.3) is 0 Å². The smallest absolute Gasteiger partial charge is 0.126 e. The molecule has 0 N–H and O–H groups in total. The summed E-state index contributed by atoms with van der Waals surface area (Å²) in [5.41, 5.74) is 1.17. The molecule has 1 aliphatic heterocycles. The summed E-state index contributed by atoms with van der Waals surface area (Å²) in [6.45, 7) is 0.705. The van der Waals surface area contributed by atoms with E-state index in [-0.39, 0.29) is 0 Å². The molecule has 0 unspecified atom stereocenters. The molecule has 0 aliphatic carbocycles. The lowest BCUT2D eigenvalue weighted by molar-refractivity contribution is 0.358. The van der Waals surface area contributed by atoms with Crippen LogP contribution in [0.3, 0.4) is 0 Å². The lowest BCUT2D eigenvalue weighted by atomic mass is 10.1. The molecule has 0 fully saturated rings. The minimum Gasteiger partial charge on any atom is -0.489 e. The molecule has 1 nitrogen and oxygen atoms in total. The molecule has 0 radical (unpaired) electrons. The zero-order valence-corrected chi connectivity index (χ0v) is 9.04. The van der Waals surface area contributed by atoms with Crippen LogP contribution in [-0.2, 0) is 0 Å². The molecule has 3 rings (SSSR count). The van der Waals surface area contributed by atoms with Crippen LogP contribution in [0.1, 0.15) is 5.56 Å². The van der Waals surface area contributed by atoms with Gasteiger partial charge in [0.05, 0.1) is 0 Å². The average Bonchev–Trinajstić information content (AvgIpc) is 2.42. The van der Waals surface area contributed by atoms with E-state index in [9.17, 15) is 0 Å². The third-order valence-corrected chi connectivity index (χ3v) is 2.22. The molecule has 2 aromatic carbocycles. The fourth-order valence-electron chi connectivity index (χ4n) is 1.45. The first-order valence-electron chi connectivity index (χ1n) is 5.35. The van der Waals surface area contributed by atoms with E-state index in [4.69, 9.17) is 4.74 Å². The van der Waals surface area contributed by atoms with E-state index in [1.54, 1.807) is 0 Å². The highest BCUT2D eigenvalue weighted by Gasteiger charge is 2.01. The molecule has 1 heteroatoms. The van der Waals surface area contributed by atoms with Crippen molar-refractivity contribution in [3.05, 3.63) is 72.3 Å². The topological polar surface area (TPSA) is 9.23 Å². The summed E-state index contributed by atoms with van der Waals surface area (Å²) in [5.74, 6) is 0.991. The van der Waals surface area contributed by atoms with Gasteiger partial charge in [-0.15, -0.1) is 0 Å². The Balaban J connectivity index is 0.000000138. The summed E-state index contributed by atoms with van der Waals surface area (Å²) in [5, 5.41) is 0. The van der Waals surface area contributed by atoms with Crippen molar-refractivity contribution in [2.24, 2.45) is 0 Å². The van der Waals surface area contributed by atoms with Crippen molar-refractivity contribution < 1.29 is 4.74 Å². The number of rotatable bonds is 0. The van der Waals surface area contributed by atoms with Gasteiger partial charge in [-0.05, 0) is 12.1 Å². The first-order valence-corrected chi connectivity index (χ1v) is 5.35. The second-order valence-electron chi connectivity index (χ2n) is 3.41. The van der Waals surface area contributed by atoms with Crippen LogP contribution in [0.15, 0.2) is 66.7 Å². The van der Waals surface area contributed by atoms with Crippen molar-refractivity contribution in [1.29, 1.82) is 0 Å². The number of benzene rings is 2. The summed E-state index contributed by atoms with van der Waals surface area (Å²) < 4.78 is 5.34. The molecule has 1 heterocycles. The molecule has 0 amide bonds. The van der Waals surface area contributed by atoms with Crippen LogP contribution in [-0.4, -0.2) is 6.61 Å². The van der Waals surface area contributed by atoms with Crippen molar-refractivity contribution in [3.63, 3.8) is 0 Å². The second-order valence-corrected chi connectivity index (χ2v) is 3.41. The Morgan fingerprint density at radius 2 is 1.38 bits per heavy atom. The number of fused-ring (bicyclic) bond motifs is 1. The van der Waals surface area contributed by atoms with Crippen LogP contribution >= 0.6 is 0 Å². The summed E-state index contributed by atoms with van der Waals surface area (Å²) in [4.78, 5) is 0. The maximum absolute atomic E-state index is 5.34. The average molecular weight is 210 g/mol. The van der Waals surface area contributed by atoms with Crippen LogP contribution < -0.4 is 4.74 Å². The van der Waals surface area contributed by atoms with Crippen LogP contribution in [0.25, 0.3) is 6.08 Å². The fourth-order valence-corrected chi connectivity index (χ4v) is 1.45. The van der Waals surface area contributed by atoms with Gasteiger partial charge >= 0.3 is 0 Å². The summed E-state index contributed by atoms with van der Waals surface area (Å²) in [6, 6.07) is 20.0. The Hall–Kier alpha value is -2.02. The van der Waals surface area contributed by atoms with E-state index in [2.05, 4.69) is 6.08 Å². The maximum atomic E-state index is 5.34. The quantitative estimate of drug-likeness (QED) is 0.643. The van der Waals surface area contributed by atoms with Gasteiger partial charge in [0.15, 0.2) is 0 Å². The van der Waals surface area contributed by atoms with Gasteiger partial charge in [0.2, 0.25) is 0 Å². The first-order chi connectivity index (χ1) is 7.97. The molecule has 0 saturated carbocycles. The normalized spacial score (nSPS) is 11.8. The van der Waals surface area contributed by atoms with E-state index < -0.39 is 0 Å². The fraction of sp³-hybridized carbons (Fsp3) is 0.0667. The Morgan fingerprint density at radius 1 is 0.750 bits per heavy atom. The van der Waals surface area contributed by atoms with Gasteiger partial charge in [0, 0.05) is 5.56 Å². The predicted molar refractivity (Wildman–Crippen MR) is 67.4 cm³/mol. The predicted octanol–water partition coefficient (Wildman–Crippen LogP) is 3.78. The number of ether oxygens (including phenoxy) is 1. The van der Waals surface area contributed by atoms with Crippen LogP contribution in [0.4, 0.5) is 0 Å². The van der Waals surface area contributed by atoms with Crippen LogP contribution in [0, 0.1) is 0 Å². The molecule has 0 bridgehead atoms. The van der Waals surface area contributed by atoms with Gasteiger partial charge < -0.3 is 4.74 Å². The second kappa shape index (κ2) is 5.76. The number of hydrogen-bond donors (Lipinski definition) is 0. The van der Waals surface area contributed by atoms with Crippen molar-refractivity contribution in [1.82, 2.24) is 0 Å². The van der Waals surface area contributed by atoms with Crippen molar-refractivity contribution in [2.45, 2.75) is 0 Å². The Labute approximate surface area is 96.0 Å². The molecule has 1 aliphatic rings. The van der Waals surface area contributed by atoms with Gasteiger partial charge in [-0.1, -0.05) is 60.7 Å².